The number of carboxylic acid groups (broad SMARTS) is 1. The number of aromatic carboxylic acids is 1. The Morgan fingerprint density at radius 1 is 1.13 bits per heavy atom. The van der Waals surface area contributed by atoms with Crippen molar-refractivity contribution in [1.29, 1.82) is 0 Å². The minimum atomic E-state index is -1.02. The lowest BCUT2D eigenvalue weighted by molar-refractivity contribution is -0.116. The van der Waals surface area contributed by atoms with Crippen molar-refractivity contribution < 1.29 is 24.2 Å². The normalized spacial score (nSPS) is 15.3. The molecular weight excluding hydrogens is 402 g/mol. The average Bonchev–Trinajstić information content (AvgIpc) is 3.12. The van der Waals surface area contributed by atoms with E-state index in [1.54, 1.807) is 20.3 Å². The van der Waals surface area contributed by atoms with Gasteiger partial charge >= 0.3 is 5.97 Å². The number of aryl methyl sites for hydroxylation is 1. The molecule has 2 heterocycles. The Morgan fingerprint density at radius 3 is 2.50 bits per heavy atom. The Kier molecular flexibility index (Phi) is 5.22. The standard InChI is InChI=1S/C23H21NO5S/c1-12-7-9-13(10-8-12)18-19-21(30-22(18)23(26)27)15(11-17(25)24-19)14-5-4-6-16(28-2)20(14)29-3/h4-10,15H,11H2,1-3H3,(H,24,25)(H,26,27)/t15-/m1/s1. The predicted molar refractivity (Wildman–Crippen MR) is 116 cm³/mol. The van der Waals surface area contributed by atoms with Gasteiger partial charge in [-0.1, -0.05) is 42.0 Å². The highest BCUT2D eigenvalue weighted by Crippen LogP contribution is 2.51. The van der Waals surface area contributed by atoms with Gasteiger partial charge in [-0.25, -0.2) is 4.79 Å². The lowest BCUT2D eigenvalue weighted by atomic mass is 9.88. The number of nitrogens with one attached hydrogen (secondary N) is 1. The first kappa shape index (κ1) is 20.0. The summed E-state index contributed by atoms with van der Waals surface area (Å²) < 4.78 is 11.0. The van der Waals surface area contributed by atoms with Crippen LogP contribution in [0.15, 0.2) is 42.5 Å². The summed E-state index contributed by atoms with van der Waals surface area (Å²) in [5.41, 5.74) is 3.73. The minimum absolute atomic E-state index is 0.166. The fourth-order valence-electron chi connectivity index (χ4n) is 3.87. The van der Waals surface area contributed by atoms with Gasteiger partial charge in [0.1, 0.15) is 4.88 Å². The molecule has 1 atom stereocenters. The Labute approximate surface area is 178 Å². The van der Waals surface area contributed by atoms with Crippen molar-refractivity contribution in [3.8, 4) is 22.6 Å². The fourth-order valence-corrected chi connectivity index (χ4v) is 5.11. The lowest BCUT2D eigenvalue weighted by Gasteiger charge is -2.25. The molecule has 0 fully saturated rings. The van der Waals surface area contributed by atoms with Crippen LogP contribution in [-0.4, -0.2) is 31.2 Å². The van der Waals surface area contributed by atoms with E-state index in [0.29, 0.717) is 22.7 Å². The number of fused-ring (bicyclic) bond motifs is 1. The summed E-state index contributed by atoms with van der Waals surface area (Å²) in [4.78, 5) is 25.7. The number of para-hydroxylation sites is 1. The van der Waals surface area contributed by atoms with Crippen molar-refractivity contribution in [3.05, 3.63) is 63.3 Å². The van der Waals surface area contributed by atoms with E-state index in [0.717, 1.165) is 21.6 Å². The van der Waals surface area contributed by atoms with E-state index in [2.05, 4.69) is 5.32 Å². The summed E-state index contributed by atoms with van der Waals surface area (Å²) in [6.45, 7) is 1.97. The third-order valence-corrected chi connectivity index (χ3v) is 6.54. The number of benzene rings is 2. The topological polar surface area (TPSA) is 84.9 Å². The summed E-state index contributed by atoms with van der Waals surface area (Å²) in [7, 11) is 3.11. The predicted octanol–water partition coefficient (Wildman–Crippen LogP) is 4.91. The van der Waals surface area contributed by atoms with Crippen LogP contribution in [0.4, 0.5) is 5.69 Å². The summed E-state index contributed by atoms with van der Waals surface area (Å²) >= 11 is 1.20. The molecule has 154 valence electrons. The first-order valence-electron chi connectivity index (χ1n) is 9.42. The second kappa shape index (κ2) is 7.84. The van der Waals surface area contributed by atoms with E-state index < -0.39 is 5.97 Å². The molecule has 0 bridgehead atoms. The van der Waals surface area contributed by atoms with Crippen LogP contribution in [-0.2, 0) is 4.79 Å². The van der Waals surface area contributed by atoms with E-state index in [9.17, 15) is 14.7 Å². The van der Waals surface area contributed by atoms with Crippen LogP contribution in [0.5, 0.6) is 11.5 Å². The van der Waals surface area contributed by atoms with E-state index in [-0.39, 0.29) is 23.1 Å². The van der Waals surface area contributed by atoms with Crippen LogP contribution >= 0.6 is 11.3 Å². The Morgan fingerprint density at radius 2 is 1.87 bits per heavy atom. The van der Waals surface area contributed by atoms with Gasteiger partial charge in [-0.05, 0) is 18.6 Å². The van der Waals surface area contributed by atoms with E-state index in [4.69, 9.17) is 9.47 Å². The number of carbonyl (C=O) groups excluding carboxylic acids is 1. The number of hydrogen-bond donors (Lipinski definition) is 2. The second-order valence-electron chi connectivity index (χ2n) is 7.10. The lowest BCUT2D eigenvalue weighted by Crippen LogP contribution is -2.22. The zero-order valence-corrected chi connectivity index (χ0v) is 17.6. The van der Waals surface area contributed by atoms with Gasteiger partial charge < -0.3 is 19.9 Å². The number of hydrogen-bond acceptors (Lipinski definition) is 5. The largest absolute Gasteiger partial charge is 0.493 e. The maximum atomic E-state index is 12.7. The zero-order valence-electron chi connectivity index (χ0n) is 16.8. The molecule has 2 N–H and O–H groups in total. The Bertz CT molecular complexity index is 1130. The first-order valence-corrected chi connectivity index (χ1v) is 10.2. The van der Waals surface area contributed by atoms with Crippen LogP contribution < -0.4 is 14.8 Å². The van der Waals surface area contributed by atoms with E-state index >= 15 is 0 Å². The van der Waals surface area contributed by atoms with Gasteiger partial charge in [-0.15, -0.1) is 11.3 Å². The number of methoxy groups -OCH3 is 2. The van der Waals surface area contributed by atoms with Crippen LogP contribution in [0.25, 0.3) is 11.1 Å². The average molecular weight is 423 g/mol. The summed E-state index contributed by atoms with van der Waals surface area (Å²) in [5, 5.41) is 12.8. The summed E-state index contributed by atoms with van der Waals surface area (Å²) in [5.74, 6) is -0.402. The van der Waals surface area contributed by atoms with Crippen molar-refractivity contribution in [2.45, 2.75) is 19.3 Å². The Hall–Kier alpha value is -3.32. The molecule has 0 aliphatic carbocycles. The number of ether oxygens (including phenoxy) is 2. The molecule has 6 nitrogen and oxygen atoms in total. The summed E-state index contributed by atoms with van der Waals surface area (Å²) in [6.07, 6.45) is 0.198. The smallest absolute Gasteiger partial charge is 0.346 e. The van der Waals surface area contributed by atoms with Crippen molar-refractivity contribution in [1.82, 2.24) is 0 Å². The highest BCUT2D eigenvalue weighted by atomic mass is 32.1. The number of thiophene rings is 1. The third-order valence-electron chi connectivity index (χ3n) is 5.25. The van der Waals surface area contributed by atoms with Crippen molar-refractivity contribution in [3.63, 3.8) is 0 Å². The Balaban J connectivity index is 1.95. The van der Waals surface area contributed by atoms with Gasteiger partial charge in [0.2, 0.25) is 5.91 Å². The molecule has 0 saturated heterocycles. The molecule has 1 aliphatic heterocycles. The van der Waals surface area contributed by atoms with Crippen LogP contribution in [0.3, 0.4) is 0 Å². The molecule has 0 spiro atoms. The SMILES string of the molecule is COc1cccc([C@H]2CC(=O)Nc3c2sc(C(=O)O)c3-c2ccc(C)cc2)c1OC. The number of anilines is 1. The molecule has 4 rings (SSSR count). The van der Waals surface area contributed by atoms with E-state index in [1.807, 2.05) is 43.3 Å². The molecule has 30 heavy (non-hydrogen) atoms. The molecule has 0 unspecified atom stereocenters. The first-order chi connectivity index (χ1) is 14.4. The highest BCUT2D eigenvalue weighted by molar-refractivity contribution is 7.15. The fraction of sp³-hybridized carbons (Fsp3) is 0.217. The molecule has 1 aromatic heterocycles. The molecule has 2 aromatic carbocycles. The highest BCUT2D eigenvalue weighted by Gasteiger charge is 2.36. The van der Waals surface area contributed by atoms with Crippen molar-refractivity contribution in [2.75, 3.05) is 19.5 Å². The number of amides is 1. The van der Waals surface area contributed by atoms with Crippen molar-refractivity contribution in [2.24, 2.45) is 0 Å². The molecule has 1 amide bonds. The third kappa shape index (κ3) is 3.31. The quantitative estimate of drug-likeness (QED) is 0.609. The zero-order chi connectivity index (χ0) is 21.4. The molecule has 7 heteroatoms. The van der Waals surface area contributed by atoms with Gasteiger partial charge in [0.05, 0.1) is 19.9 Å². The number of carbonyl (C=O) groups is 2. The molecule has 0 radical (unpaired) electrons. The molecule has 3 aromatic rings. The van der Waals surface area contributed by atoms with Crippen LogP contribution in [0.2, 0.25) is 0 Å². The van der Waals surface area contributed by atoms with Gasteiger partial charge in [0.15, 0.2) is 11.5 Å². The maximum absolute atomic E-state index is 12.7. The molecular formula is C23H21NO5S. The van der Waals surface area contributed by atoms with Gasteiger partial charge in [0, 0.05) is 28.3 Å². The monoisotopic (exact) mass is 423 g/mol. The maximum Gasteiger partial charge on any atom is 0.346 e. The van der Waals surface area contributed by atoms with Gasteiger partial charge in [-0.2, -0.15) is 0 Å². The molecule has 1 aliphatic rings. The van der Waals surface area contributed by atoms with Gasteiger partial charge in [-0.3, -0.25) is 4.79 Å². The second-order valence-corrected chi connectivity index (χ2v) is 8.16. The minimum Gasteiger partial charge on any atom is -0.493 e. The van der Waals surface area contributed by atoms with Crippen molar-refractivity contribution >= 4 is 28.9 Å². The molecule has 0 saturated carbocycles. The number of carboxylic acids is 1. The van der Waals surface area contributed by atoms with Gasteiger partial charge in [0.25, 0.3) is 0 Å². The number of rotatable bonds is 5. The summed E-state index contributed by atoms with van der Waals surface area (Å²) in [6, 6.07) is 13.1. The van der Waals surface area contributed by atoms with Crippen LogP contribution in [0, 0.1) is 6.92 Å². The van der Waals surface area contributed by atoms with Crippen LogP contribution in [0.1, 0.15) is 38.0 Å². The van der Waals surface area contributed by atoms with E-state index in [1.165, 1.54) is 11.3 Å².